The van der Waals surface area contributed by atoms with Crippen molar-refractivity contribution in [3.05, 3.63) is 68.1 Å². The largest absolute Gasteiger partial charge is 0.324 e. The SMILES string of the molecule is Cc1ccc(NC(=O)Cn2cnc3ccc(Cl)cc3c2=O)cc1Br. The van der Waals surface area contributed by atoms with Gasteiger partial charge in [-0.2, -0.15) is 0 Å². The summed E-state index contributed by atoms with van der Waals surface area (Å²) in [5.41, 5.74) is 1.97. The van der Waals surface area contributed by atoms with E-state index in [9.17, 15) is 9.59 Å². The summed E-state index contributed by atoms with van der Waals surface area (Å²) in [5.74, 6) is -0.309. The Bertz CT molecular complexity index is 1000. The number of fused-ring (bicyclic) bond motifs is 1. The van der Waals surface area contributed by atoms with Gasteiger partial charge < -0.3 is 5.32 Å². The van der Waals surface area contributed by atoms with Crippen LogP contribution in [0.15, 0.2) is 52.0 Å². The lowest BCUT2D eigenvalue weighted by atomic mass is 10.2. The molecule has 3 aromatic rings. The van der Waals surface area contributed by atoms with Crippen LogP contribution in [0.25, 0.3) is 10.9 Å². The smallest absolute Gasteiger partial charge is 0.261 e. The van der Waals surface area contributed by atoms with Gasteiger partial charge in [-0.05, 0) is 42.8 Å². The van der Waals surface area contributed by atoms with Gasteiger partial charge in [0.15, 0.2) is 0 Å². The highest BCUT2D eigenvalue weighted by molar-refractivity contribution is 9.10. The lowest BCUT2D eigenvalue weighted by molar-refractivity contribution is -0.116. The van der Waals surface area contributed by atoms with Gasteiger partial charge in [-0.3, -0.25) is 14.2 Å². The summed E-state index contributed by atoms with van der Waals surface area (Å²) in [7, 11) is 0. The van der Waals surface area contributed by atoms with E-state index >= 15 is 0 Å². The van der Waals surface area contributed by atoms with Gasteiger partial charge >= 0.3 is 0 Å². The quantitative estimate of drug-likeness (QED) is 0.720. The van der Waals surface area contributed by atoms with Crippen LogP contribution in [0, 0.1) is 6.92 Å². The van der Waals surface area contributed by atoms with Gasteiger partial charge in [0.1, 0.15) is 6.54 Å². The van der Waals surface area contributed by atoms with Crippen molar-refractivity contribution in [2.45, 2.75) is 13.5 Å². The fourth-order valence-electron chi connectivity index (χ4n) is 2.27. The van der Waals surface area contributed by atoms with Crippen molar-refractivity contribution >= 4 is 50.0 Å². The molecule has 0 unspecified atom stereocenters. The van der Waals surface area contributed by atoms with E-state index < -0.39 is 0 Å². The molecule has 0 radical (unpaired) electrons. The highest BCUT2D eigenvalue weighted by Crippen LogP contribution is 2.20. The number of carbonyl (C=O) groups excluding carboxylic acids is 1. The van der Waals surface area contributed by atoms with Crippen LogP contribution >= 0.6 is 27.5 Å². The van der Waals surface area contributed by atoms with E-state index in [4.69, 9.17) is 11.6 Å². The van der Waals surface area contributed by atoms with Crippen molar-refractivity contribution in [2.24, 2.45) is 0 Å². The predicted octanol–water partition coefficient (Wildman–Crippen LogP) is 3.76. The fourth-order valence-corrected chi connectivity index (χ4v) is 2.82. The summed E-state index contributed by atoms with van der Waals surface area (Å²) in [6.07, 6.45) is 1.36. The minimum absolute atomic E-state index is 0.125. The normalized spacial score (nSPS) is 10.8. The van der Waals surface area contributed by atoms with Crippen LogP contribution in [-0.4, -0.2) is 15.5 Å². The van der Waals surface area contributed by atoms with E-state index in [1.807, 2.05) is 19.1 Å². The highest BCUT2D eigenvalue weighted by Gasteiger charge is 2.09. The molecular formula is C17H13BrClN3O2. The van der Waals surface area contributed by atoms with Crippen molar-refractivity contribution in [3.8, 4) is 0 Å². The molecule has 122 valence electrons. The zero-order valence-electron chi connectivity index (χ0n) is 12.7. The Hall–Kier alpha value is -2.18. The molecular weight excluding hydrogens is 394 g/mol. The lowest BCUT2D eigenvalue weighted by Gasteiger charge is -2.09. The molecule has 0 aliphatic rings. The predicted molar refractivity (Wildman–Crippen MR) is 98.5 cm³/mol. The van der Waals surface area contributed by atoms with E-state index in [2.05, 4.69) is 26.2 Å². The second kappa shape index (κ2) is 6.75. The average molecular weight is 407 g/mol. The Kier molecular flexibility index (Phi) is 4.69. The summed E-state index contributed by atoms with van der Waals surface area (Å²) in [5, 5.41) is 3.60. The molecule has 1 heterocycles. The number of nitrogens with zero attached hydrogens (tertiary/aromatic N) is 2. The number of anilines is 1. The molecule has 1 N–H and O–H groups in total. The number of hydrogen-bond acceptors (Lipinski definition) is 3. The number of amides is 1. The molecule has 7 heteroatoms. The number of carbonyl (C=O) groups is 1. The van der Waals surface area contributed by atoms with Gasteiger partial charge in [-0.1, -0.05) is 33.6 Å². The maximum atomic E-state index is 12.4. The molecule has 3 rings (SSSR count). The molecule has 0 fully saturated rings. The highest BCUT2D eigenvalue weighted by atomic mass is 79.9. The maximum absolute atomic E-state index is 12.4. The van der Waals surface area contributed by atoms with Crippen LogP contribution < -0.4 is 10.9 Å². The summed E-state index contributed by atoms with van der Waals surface area (Å²) in [6, 6.07) is 10.4. The summed E-state index contributed by atoms with van der Waals surface area (Å²) < 4.78 is 2.16. The zero-order valence-corrected chi connectivity index (χ0v) is 15.1. The third-order valence-corrected chi connectivity index (χ3v) is 4.65. The average Bonchev–Trinajstić information content (AvgIpc) is 2.54. The Balaban J connectivity index is 1.84. The molecule has 0 aliphatic carbocycles. The topological polar surface area (TPSA) is 64.0 Å². The first-order chi connectivity index (χ1) is 11.4. The van der Waals surface area contributed by atoms with E-state index in [0.717, 1.165) is 10.0 Å². The van der Waals surface area contributed by atoms with E-state index in [1.165, 1.54) is 10.9 Å². The molecule has 5 nitrogen and oxygen atoms in total. The molecule has 1 aromatic heterocycles. The fraction of sp³-hybridized carbons (Fsp3) is 0.118. The van der Waals surface area contributed by atoms with Crippen LogP contribution in [0.1, 0.15) is 5.56 Å². The van der Waals surface area contributed by atoms with Crippen LogP contribution in [0.4, 0.5) is 5.69 Å². The van der Waals surface area contributed by atoms with E-state index in [0.29, 0.717) is 21.6 Å². The number of rotatable bonds is 3. The second-order valence-corrected chi connectivity index (χ2v) is 6.64. The van der Waals surface area contributed by atoms with Crippen molar-refractivity contribution in [2.75, 3.05) is 5.32 Å². The molecule has 24 heavy (non-hydrogen) atoms. The van der Waals surface area contributed by atoms with Gasteiger partial charge in [0, 0.05) is 15.2 Å². The number of halogens is 2. The number of benzene rings is 2. The van der Waals surface area contributed by atoms with Gasteiger partial charge in [0.05, 0.1) is 17.2 Å². The monoisotopic (exact) mass is 405 g/mol. The maximum Gasteiger partial charge on any atom is 0.261 e. The molecule has 0 saturated carbocycles. The first-order valence-electron chi connectivity index (χ1n) is 7.15. The van der Waals surface area contributed by atoms with Crippen LogP contribution in [0.3, 0.4) is 0 Å². The second-order valence-electron chi connectivity index (χ2n) is 5.35. The van der Waals surface area contributed by atoms with Crippen molar-refractivity contribution in [1.82, 2.24) is 9.55 Å². The summed E-state index contributed by atoms with van der Waals surface area (Å²) >= 11 is 9.34. The third kappa shape index (κ3) is 3.49. The van der Waals surface area contributed by atoms with Crippen LogP contribution in [0.2, 0.25) is 5.02 Å². The van der Waals surface area contributed by atoms with E-state index in [-0.39, 0.29) is 18.0 Å². The van der Waals surface area contributed by atoms with E-state index in [1.54, 1.807) is 24.3 Å². The Morgan fingerprint density at radius 3 is 2.83 bits per heavy atom. The van der Waals surface area contributed by atoms with Crippen LogP contribution in [0.5, 0.6) is 0 Å². The molecule has 0 atom stereocenters. The van der Waals surface area contributed by atoms with Crippen molar-refractivity contribution in [3.63, 3.8) is 0 Å². The Morgan fingerprint density at radius 1 is 1.29 bits per heavy atom. The first kappa shape index (κ1) is 16.7. The Labute approximate surface area is 151 Å². The molecule has 2 aromatic carbocycles. The number of aromatic nitrogens is 2. The van der Waals surface area contributed by atoms with Crippen molar-refractivity contribution < 1.29 is 4.79 Å². The van der Waals surface area contributed by atoms with Crippen LogP contribution in [-0.2, 0) is 11.3 Å². The molecule has 0 bridgehead atoms. The minimum atomic E-state index is -0.309. The molecule has 0 spiro atoms. The molecule has 1 amide bonds. The number of aryl methyl sites for hydroxylation is 1. The number of nitrogens with one attached hydrogen (secondary N) is 1. The first-order valence-corrected chi connectivity index (χ1v) is 8.32. The zero-order chi connectivity index (χ0) is 17.3. The van der Waals surface area contributed by atoms with Gasteiger partial charge in [0.25, 0.3) is 5.56 Å². The molecule has 0 aliphatic heterocycles. The van der Waals surface area contributed by atoms with Crippen molar-refractivity contribution in [1.29, 1.82) is 0 Å². The third-order valence-electron chi connectivity index (χ3n) is 3.56. The lowest BCUT2D eigenvalue weighted by Crippen LogP contribution is -2.27. The summed E-state index contributed by atoms with van der Waals surface area (Å²) in [6.45, 7) is 1.83. The van der Waals surface area contributed by atoms with Gasteiger partial charge in [-0.25, -0.2) is 4.98 Å². The van der Waals surface area contributed by atoms with Gasteiger partial charge in [-0.15, -0.1) is 0 Å². The van der Waals surface area contributed by atoms with Gasteiger partial charge in [0.2, 0.25) is 5.91 Å². The summed E-state index contributed by atoms with van der Waals surface area (Å²) in [4.78, 5) is 28.8. The molecule has 0 saturated heterocycles. The number of hydrogen-bond donors (Lipinski definition) is 1. The standard InChI is InChI=1S/C17H13BrClN3O2/c1-10-2-4-12(7-14(10)18)21-16(23)8-22-9-20-15-5-3-11(19)6-13(15)17(22)24/h2-7,9H,8H2,1H3,(H,21,23). The minimum Gasteiger partial charge on any atom is -0.324 e. The Morgan fingerprint density at radius 2 is 2.08 bits per heavy atom.